The van der Waals surface area contributed by atoms with Crippen LogP contribution in [0.15, 0.2) is 46.9 Å². The Morgan fingerprint density at radius 2 is 1.91 bits per heavy atom. The van der Waals surface area contributed by atoms with Gasteiger partial charge in [0.2, 0.25) is 10.0 Å². The van der Waals surface area contributed by atoms with E-state index in [2.05, 4.69) is 21.2 Å². The fourth-order valence-electron chi connectivity index (χ4n) is 1.84. The molecule has 0 aliphatic rings. The summed E-state index contributed by atoms with van der Waals surface area (Å²) in [6.07, 6.45) is 1.11. The van der Waals surface area contributed by atoms with E-state index in [0.717, 1.165) is 15.0 Å². The molecule has 0 saturated carbocycles. The number of carbonyl (C=O) groups excluding carboxylic acids is 1. The van der Waals surface area contributed by atoms with Crippen molar-refractivity contribution in [1.29, 1.82) is 0 Å². The van der Waals surface area contributed by atoms with E-state index in [1.54, 1.807) is 42.5 Å². The van der Waals surface area contributed by atoms with E-state index in [1.807, 2.05) is 0 Å². The van der Waals surface area contributed by atoms with Gasteiger partial charge in [0.1, 0.15) is 0 Å². The number of hydrogen-bond donors (Lipinski definition) is 1. The van der Waals surface area contributed by atoms with Crippen LogP contribution in [0.2, 0.25) is 5.02 Å². The summed E-state index contributed by atoms with van der Waals surface area (Å²) < 4.78 is 25.0. The van der Waals surface area contributed by atoms with Gasteiger partial charge in [-0.2, -0.15) is 0 Å². The summed E-state index contributed by atoms with van der Waals surface area (Å²) in [7, 11) is -1.93. The molecular formula is C15H14BrClN2O3S. The second kappa shape index (κ2) is 6.90. The first kappa shape index (κ1) is 17.8. The number of anilines is 2. The molecule has 1 amide bonds. The maximum atomic E-state index is 12.3. The van der Waals surface area contributed by atoms with Crippen LogP contribution in [0.4, 0.5) is 11.4 Å². The lowest BCUT2D eigenvalue weighted by atomic mass is 10.2. The van der Waals surface area contributed by atoms with Gasteiger partial charge in [-0.05, 0) is 36.4 Å². The van der Waals surface area contributed by atoms with Gasteiger partial charge in [-0.3, -0.25) is 9.10 Å². The molecule has 0 heterocycles. The van der Waals surface area contributed by atoms with Crippen molar-refractivity contribution < 1.29 is 13.2 Å². The minimum atomic E-state index is -3.37. The highest BCUT2D eigenvalue weighted by molar-refractivity contribution is 9.10. The van der Waals surface area contributed by atoms with Gasteiger partial charge in [0.25, 0.3) is 5.91 Å². The second-order valence-corrected chi connectivity index (χ2v) is 8.20. The Labute approximate surface area is 148 Å². The van der Waals surface area contributed by atoms with Gasteiger partial charge >= 0.3 is 0 Å². The molecule has 0 aliphatic carbocycles. The van der Waals surface area contributed by atoms with Crippen LogP contribution in [0.25, 0.3) is 0 Å². The molecular weight excluding hydrogens is 404 g/mol. The lowest BCUT2D eigenvalue weighted by Crippen LogP contribution is -2.24. The van der Waals surface area contributed by atoms with Crippen LogP contribution in [0.1, 0.15) is 10.4 Å². The van der Waals surface area contributed by atoms with Gasteiger partial charge in [-0.25, -0.2) is 8.42 Å². The monoisotopic (exact) mass is 416 g/mol. The van der Waals surface area contributed by atoms with Crippen LogP contribution in [0, 0.1) is 0 Å². The van der Waals surface area contributed by atoms with Gasteiger partial charge in [0.15, 0.2) is 0 Å². The first-order chi connectivity index (χ1) is 10.7. The van der Waals surface area contributed by atoms with Gasteiger partial charge in [-0.15, -0.1) is 0 Å². The number of rotatable bonds is 4. The molecule has 0 aromatic heterocycles. The zero-order valence-electron chi connectivity index (χ0n) is 12.4. The van der Waals surface area contributed by atoms with Crippen molar-refractivity contribution in [2.75, 3.05) is 22.9 Å². The fraction of sp³-hybridized carbons (Fsp3) is 0.133. The molecule has 1 N–H and O–H groups in total. The minimum absolute atomic E-state index is 0.322. The van der Waals surface area contributed by atoms with Crippen LogP contribution >= 0.6 is 27.5 Å². The summed E-state index contributed by atoms with van der Waals surface area (Å²) in [5, 5.41) is 3.04. The van der Waals surface area contributed by atoms with Crippen molar-refractivity contribution in [2.24, 2.45) is 0 Å². The normalized spacial score (nSPS) is 11.1. The lowest BCUT2D eigenvalue weighted by Gasteiger charge is -2.17. The van der Waals surface area contributed by atoms with Gasteiger partial charge < -0.3 is 5.32 Å². The third kappa shape index (κ3) is 4.46. The molecule has 0 aliphatic heterocycles. The predicted octanol–water partition coefficient (Wildman–Crippen LogP) is 3.75. The van der Waals surface area contributed by atoms with Gasteiger partial charge in [-0.1, -0.05) is 33.6 Å². The number of nitrogens with one attached hydrogen (secondary N) is 1. The molecule has 5 nitrogen and oxygen atoms in total. The number of halogens is 2. The summed E-state index contributed by atoms with van der Waals surface area (Å²) in [6.45, 7) is 0. The Balaban J connectivity index is 2.27. The summed E-state index contributed by atoms with van der Waals surface area (Å²) in [6, 6.07) is 11.5. The van der Waals surface area contributed by atoms with Crippen LogP contribution in [0.5, 0.6) is 0 Å². The predicted molar refractivity (Wildman–Crippen MR) is 96.8 cm³/mol. The summed E-state index contributed by atoms with van der Waals surface area (Å²) >= 11 is 9.32. The van der Waals surface area contributed by atoms with Gasteiger partial charge in [0, 0.05) is 17.2 Å². The largest absolute Gasteiger partial charge is 0.322 e. The Morgan fingerprint density at radius 3 is 2.57 bits per heavy atom. The van der Waals surface area contributed by atoms with Gasteiger partial charge in [0.05, 0.1) is 22.5 Å². The van der Waals surface area contributed by atoms with E-state index in [9.17, 15) is 13.2 Å². The standard InChI is InChI=1S/C15H14BrClN2O3S/c1-19(23(2,21)22)12-5-3-4-11(9-12)18-15(20)13-8-10(16)6-7-14(13)17/h3-9H,1-2H3,(H,18,20). The molecule has 0 spiro atoms. The lowest BCUT2D eigenvalue weighted by molar-refractivity contribution is 0.102. The molecule has 2 aromatic rings. The van der Waals surface area contributed by atoms with E-state index in [-0.39, 0.29) is 5.91 Å². The average Bonchev–Trinajstić information content (AvgIpc) is 2.48. The fourth-order valence-corrected chi connectivity index (χ4v) is 2.90. The molecule has 0 radical (unpaired) electrons. The Hall–Kier alpha value is -1.57. The van der Waals surface area contributed by atoms with Crippen LogP contribution in [-0.4, -0.2) is 27.6 Å². The molecule has 2 aromatic carbocycles. The van der Waals surface area contributed by atoms with Crippen LogP contribution < -0.4 is 9.62 Å². The number of sulfonamides is 1. The first-order valence-corrected chi connectivity index (χ1v) is 9.51. The molecule has 0 bridgehead atoms. The highest BCUT2D eigenvalue weighted by atomic mass is 79.9. The number of carbonyl (C=O) groups is 1. The average molecular weight is 418 g/mol. The topological polar surface area (TPSA) is 66.5 Å². The van der Waals surface area contributed by atoms with Crippen molar-refractivity contribution in [2.45, 2.75) is 0 Å². The molecule has 0 atom stereocenters. The Morgan fingerprint density at radius 1 is 1.22 bits per heavy atom. The first-order valence-electron chi connectivity index (χ1n) is 6.49. The maximum absolute atomic E-state index is 12.3. The summed E-state index contributed by atoms with van der Waals surface area (Å²) in [5.41, 5.74) is 1.24. The quantitative estimate of drug-likeness (QED) is 0.824. The molecule has 0 fully saturated rings. The van der Waals surface area contributed by atoms with Crippen molar-refractivity contribution in [1.82, 2.24) is 0 Å². The van der Waals surface area contributed by atoms with E-state index < -0.39 is 10.0 Å². The second-order valence-electron chi connectivity index (χ2n) is 4.86. The highest BCUT2D eigenvalue weighted by Crippen LogP contribution is 2.24. The smallest absolute Gasteiger partial charge is 0.257 e. The molecule has 0 unspecified atom stereocenters. The molecule has 122 valence electrons. The summed E-state index contributed by atoms with van der Waals surface area (Å²) in [5.74, 6) is -0.379. The third-order valence-corrected chi connectivity index (χ3v) is 5.17. The van der Waals surface area contributed by atoms with Crippen molar-refractivity contribution in [3.05, 3.63) is 57.5 Å². The zero-order valence-corrected chi connectivity index (χ0v) is 15.5. The van der Waals surface area contributed by atoms with Crippen LogP contribution in [0.3, 0.4) is 0 Å². The molecule has 23 heavy (non-hydrogen) atoms. The van der Waals surface area contributed by atoms with Crippen molar-refractivity contribution in [3.63, 3.8) is 0 Å². The zero-order chi connectivity index (χ0) is 17.2. The number of amides is 1. The van der Waals surface area contributed by atoms with E-state index >= 15 is 0 Å². The third-order valence-electron chi connectivity index (χ3n) is 3.14. The number of hydrogen-bond acceptors (Lipinski definition) is 3. The number of benzene rings is 2. The minimum Gasteiger partial charge on any atom is -0.322 e. The SMILES string of the molecule is CN(c1cccc(NC(=O)c2cc(Br)ccc2Cl)c1)S(C)(=O)=O. The molecule has 8 heteroatoms. The highest BCUT2D eigenvalue weighted by Gasteiger charge is 2.14. The maximum Gasteiger partial charge on any atom is 0.257 e. The molecule has 2 rings (SSSR count). The van der Waals surface area contributed by atoms with Crippen molar-refractivity contribution >= 4 is 54.8 Å². The van der Waals surface area contributed by atoms with Crippen LogP contribution in [-0.2, 0) is 10.0 Å². The Kier molecular flexibility index (Phi) is 5.33. The summed E-state index contributed by atoms with van der Waals surface area (Å²) in [4.78, 5) is 12.3. The van der Waals surface area contributed by atoms with E-state index in [4.69, 9.17) is 11.6 Å². The van der Waals surface area contributed by atoms with E-state index in [0.29, 0.717) is 22.0 Å². The van der Waals surface area contributed by atoms with Crippen molar-refractivity contribution in [3.8, 4) is 0 Å². The van der Waals surface area contributed by atoms with E-state index in [1.165, 1.54) is 7.05 Å². The number of nitrogens with zero attached hydrogens (tertiary/aromatic N) is 1. The molecule has 0 saturated heterocycles. The Bertz CT molecular complexity index is 856.